The average molecular weight is 323 g/mol. The van der Waals surface area contributed by atoms with E-state index >= 15 is 0 Å². The lowest BCUT2D eigenvalue weighted by Gasteiger charge is -2.26. The highest BCUT2D eigenvalue weighted by Gasteiger charge is 2.40. The van der Waals surface area contributed by atoms with Crippen LogP contribution in [-0.4, -0.2) is 18.1 Å². The number of hydrogen-bond donors (Lipinski definition) is 1. The number of nitrogens with one attached hydrogen (secondary N) is 1. The van der Waals surface area contributed by atoms with Gasteiger partial charge in [-0.1, -0.05) is 49.7 Å². The number of ether oxygens (including phenoxy) is 1. The van der Waals surface area contributed by atoms with Crippen molar-refractivity contribution in [2.75, 3.05) is 0 Å². The maximum absolute atomic E-state index is 12.7. The standard InChI is InChI=1S/C21H25NO2/c1-2-19(21(23)22-18-13-14-10-11-16(18)12-14)24-20-9-5-7-15-6-3-4-8-17(15)20/h3-9,14,16,18-19H,2,10-13H2,1H3,(H,22,23)/t14-,16-,18+,19+/m0/s1. The molecule has 0 aromatic heterocycles. The summed E-state index contributed by atoms with van der Waals surface area (Å²) in [5.41, 5.74) is 0. The third-order valence-electron chi connectivity index (χ3n) is 5.75. The van der Waals surface area contributed by atoms with Crippen molar-refractivity contribution in [2.45, 2.75) is 51.2 Å². The van der Waals surface area contributed by atoms with Gasteiger partial charge < -0.3 is 10.1 Å². The number of benzene rings is 2. The Morgan fingerprint density at radius 1 is 1.17 bits per heavy atom. The summed E-state index contributed by atoms with van der Waals surface area (Å²) >= 11 is 0. The lowest BCUT2D eigenvalue weighted by atomic mass is 9.95. The quantitative estimate of drug-likeness (QED) is 0.891. The summed E-state index contributed by atoms with van der Waals surface area (Å²) in [5.74, 6) is 2.36. The van der Waals surface area contributed by atoms with E-state index in [1.165, 1.54) is 19.3 Å². The van der Waals surface area contributed by atoms with Gasteiger partial charge >= 0.3 is 0 Å². The van der Waals surface area contributed by atoms with E-state index < -0.39 is 6.10 Å². The molecule has 126 valence electrons. The van der Waals surface area contributed by atoms with Gasteiger partial charge in [-0.2, -0.15) is 0 Å². The Kier molecular flexibility index (Phi) is 4.17. The Morgan fingerprint density at radius 3 is 2.75 bits per heavy atom. The molecule has 2 saturated carbocycles. The minimum atomic E-state index is -0.421. The van der Waals surface area contributed by atoms with E-state index in [4.69, 9.17) is 4.74 Å². The van der Waals surface area contributed by atoms with Gasteiger partial charge in [-0.15, -0.1) is 0 Å². The summed E-state index contributed by atoms with van der Waals surface area (Å²) in [7, 11) is 0. The highest BCUT2D eigenvalue weighted by Crippen LogP contribution is 2.44. The van der Waals surface area contributed by atoms with Crippen molar-refractivity contribution in [3.8, 4) is 5.75 Å². The van der Waals surface area contributed by atoms with Crippen LogP contribution >= 0.6 is 0 Å². The van der Waals surface area contributed by atoms with Gasteiger partial charge in [0.15, 0.2) is 6.10 Å². The minimum absolute atomic E-state index is 0.0444. The monoisotopic (exact) mass is 323 g/mol. The van der Waals surface area contributed by atoms with Gasteiger partial charge in [0.1, 0.15) is 5.75 Å². The van der Waals surface area contributed by atoms with Crippen molar-refractivity contribution < 1.29 is 9.53 Å². The molecular weight excluding hydrogens is 298 g/mol. The van der Waals surface area contributed by atoms with Crippen LogP contribution in [0.1, 0.15) is 39.0 Å². The van der Waals surface area contributed by atoms with Crippen molar-refractivity contribution in [2.24, 2.45) is 11.8 Å². The Hall–Kier alpha value is -2.03. The second-order valence-corrected chi connectivity index (χ2v) is 7.28. The lowest BCUT2D eigenvalue weighted by Crippen LogP contribution is -2.45. The molecule has 4 rings (SSSR count). The molecule has 1 amide bonds. The van der Waals surface area contributed by atoms with Crippen molar-refractivity contribution in [1.82, 2.24) is 5.32 Å². The van der Waals surface area contributed by atoms with Gasteiger partial charge in [0, 0.05) is 11.4 Å². The van der Waals surface area contributed by atoms with Gasteiger partial charge in [-0.3, -0.25) is 4.79 Å². The molecule has 0 spiro atoms. The van der Waals surface area contributed by atoms with Gasteiger partial charge in [0.25, 0.3) is 5.91 Å². The van der Waals surface area contributed by atoms with Crippen molar-refractivity contribution in [3.63, 3.8) is 0 Å². The Balaban J connectivity index is 1.48. The fraction of sp³-hybridized carbons (Fsp3) is 0.476. The second kappa shape index (κ2) is 6.46. The van der Waals surface area contributed by atoms with E-state index in [1.54, 1.807) is 0 Å². The summed E-state index contributed by atoms with van der Waals surface area (Å²) in [5, 5.41) is 5.46. The zero-order chi connectivity index (χ0) is 16.5. The average Bonchev–Trinajstić information content (AvgIpc) is 3.22. The zero-order valence-corrected chi connectivity index (χ0v) is 14.2. The van der Waals surface area contributed by atoms with Crippen LogP contribution in [0.4, 0.5) is 0 Å². The first kappa shape index (κ1) is 15.5. The molecule has 4 atom stereocenters. The van der Waals surface area contributed by atoms with Crippen LogP contribution < -0.4 is 10.1 Å². The normalized spacial score (nSPS) is 26.5. The van der Waals surface area contributed by atoms with E-state index in [0.717, 1.165) is 28.9 Å². The van der Waals surface area contributed by atoms with Crippen LogP contribution in [0.3, 0.4) is 0 Å². The minimum Gasteiger partial charge on any atom is -0.480 e. The Labute approximate surface area is 143 Å². The molecule has 0 radical (unpaired) electrons. The molecule has 0 saturated heterocycles. The summed E-state index contributed by atoms with van der Waals surface area (Å²) in [4.78, 5) is 12.7. The first-order valence-electron chi connectivity index (χ1n) is 9.19. The summed E-state index contributed by atoms with van der Waals surface area (Å²) < 4.78 is 6.12. The fourth-order valence-corrected chi connectivity index (χ4v) is 4.47. The van der Waals surface area contributed by atoms with Crippen LogP contribution in [0, 0.1) is 11.8 Å². The number of fused-ring (bicyclic) bond motifs is 3. The number of amides is 1. The van der Waals surface area contributed by atoms with E-state index in [0.29, 0.717) is 18.4 Å². The SMILES string of the molecule is CC[C@@H](Oc1cccc2ccccc12)C(=O)N[C@@H]1C[C@H]2CC[C@H]1C2. The number of carbonyl (C=O) groups excluding carboxylic acids is 1. The number of carbonyl (C=O) groups is 1. The second-order valence-electron chi connectivity index (χ2n) is 7.28. The molecule has 1 N–H and O–H groups in total. The number of rotatable bonds is 5. The summed E-state index contributed by atoms with van der Waals surface area (Å²) in [6.07, 6.45) is 5.33. The maximum atomic E-state index is 12.7. The van der Waals surface area contributed by atoms with E-state index in [9.17, 15) is 4.79 Å². The predicted molar refractivity (Wildman–Crippen MR) is 96.0 cm³/mol. The van der Waals surface area contributed by atoms with Gasteiger partial charge in [-0.25, -0.2) is 0 Å². The Morgan fingerprint density at radius 2 is 2.00 bits per heavy atom. The van der Waals surface area contributed by atoms with Crippen LogP contribution in [-0.2, 0) is 4.79 Å². The maximum Gasteiger partial charge on any atom is 0.261 e. The zero-order valence-electron chi connectivity index (χ0n) is 14.2. The molecule has 3 heteroatoms. The Bertz CT molecular complexity index is 736. The van der Waals surface area contributed by atoms with E-state index in [-0.39, 0.29) is 5.91 Å². The smallest absolute Gasteiger partial charge is 0.261 e. The largest absolute Gasteiger partial charge is 0.480 e. The van der Waals surface area contributed by atoms with Gasteiger partial charge in [0.2, 0.25) is 0 Å². The first-order chi connectivity index (χ1) is 11.7. The molecule has 2 aliphatic carbocycles. The van der Waals surface area contributed by atoms with Crippen molar-refractivity contribution in [1.29, 1.82) is 0 Å². The van der Waals surface area contributed by atoms with Crippen LogP contribution in [0.2, 0.25) is 0 Å². The molecular formula is C21H25NO2. The third-order valence-corrected chi connectivity index (χ3v) is 5.75. The molecule has 2 aromatic carbocycles. The molecule has 3 nitrogen and oxygen atoms in total. The van der Waals surface area contributed by atoms with Crippen molar-refractivity contribution >= 4 is 16.7 Å². The van der Waals surface area contributed by atoms with Gasteiger partial charge in [-0.05, 0) is 49.0 Å². The number of hydrogen-bond acceptors (Lipinski definition) is 2. The summed E-state index contributed by atoms with van der Waals surface area (Å²) in [6, 6.07) is 14.5. The molecule has 0 aliphatic heterocycles. The molecule has 0 heterocycles. The first-order valence-corrected chi connectivity index (χ1v) is 9.19. The van der Waals surface area contributed by atoms with Crippen LogP contribution in [0.25, 0.3) is 10.8 Å². The molecule has 0 unspecified atom stereocenters. The predicted octanol–water partition coefficient (Wildman–Crippen LogP) is 4.30. The van der Waals surface area contributed by atoms with E-state index in [1.807, 2.05) is 37.3 Å². The molecule has 2 fully saturated rings. The molecule has 24 heavy (non-hydrogen) atoms. The van der Waals surface area contributed by atoms with E-state index in [2.05, 4.69) is 17.4 Å². The third kappa shape index (κ3) is 2.88. The van der Waals surface area contributed by atoms with Crippen molar-refractivity contribution in [3.05, 3.63) is 42.5 Å². The summed E-state index contributed by atoms with van der Waals surface area (Å²) in [6.45, 7) is 2.01. The fourth-order valence-electron chi connectivity index (χ4n) is 4.47. The van der Waals surface area contributed by atoms with Crippen LogP contribution in [0.15, 0.2) is 42.5 Å². The topological polar surface area (TPSA) is 38.3 Å². The molecule has 2 bridgehead atoms. The molecule has 2 aliphatic rings. The van der Waals surface area contributed by atoms with Gasteiger partial charge in [0.05, 0.1) is 0 Å². The lowest BCUT2D eigenvalue weighted by molar-refractivity contribution is -0.129. The highest BCUT2D eigenvalue weighted by atomic mass is 16.5. The highest BCUT2D eigenvalue weighted by molar-refractivity contribution is 5.89. The molecule has 2 aromatic rings. The van der Waals surface area contributed by atoms with Crippen LogP contribution in [0.5, 0.6) is 5.75 Å².